The molecule has 0 saturated carbocycles. The Kier molecular flexibility index (Phi) is 4.07. The lowest BCUT2D eigenvalue weighted by atomic mass is 10.0. The lowest BCUT2D eigenvalue weighted by Crippen LogP contribution is -2.24. The average Bonchev–Trinajstić information content (AvgIpc) is 2.54. The number of anilines is 1. The Balaban J connectivity index is 1.97. The average molecular weight is 341 g/mol. The Morgan fingerprint density at radius 3 is 2.42 bits per heavy atom. The zero-order valence-electron chi connectivity index (χ0n) is 12.9. The molecule has 0 atom stereocenters. The van der Waals surface area contributed by atoms with E-state index in [0.717, 1.165) is 0 Å². The Labute approximate surface area is 139 Å². The van der Waals surface area contributed by atoms with Crippen LogP contribution in [0.3, 0.4) is 0 Å². The van der Waals surface area contributed by atoms with Crippen LogP contribution >= 0.6 is 0 Å². The third kappa shape index (κ3) is 3.14. The van der Waals surface area contributed by atoms with Crippen molar-refractivity contribution in [1.82, 2.24) is 0 Å². The van der Waals surface area contributed by atoms with Gasteiger partial charge in [0.2, 0.25) is 5.91 Å². The van der Waals surface area contributed by atoms with Gasteiger partial charge < -0.3 is 5.32 Å². The molecule has 0 aliphatic carbocycles. The van der Waals surface area contributed by atoms with E-state index in [1.54, 1.807) is 42.5 Å². The minimum Gasteiger partial charge on any atom is -0.326 e. The number of carbonyl (C=O) groups is 2. The van der Waals surface area contributed by atoms with E-state index in [1.807, 2.05) is 0 Å². The summed E-state index contributed by atoms with van der Waals surface area (Å²) in [6.45, 7) is 1.42. The van der Waals surface area contributed by atoms with Crippen molar-refractivity contribution in [3.8, 4) is 0 Å². The maximum Gasteiger partial charge on any atom is 0.221 e. The van der Waals surface area contributed by atoms with Gasteiger partial charge in [-0.15, -0.1) is 0 Å². The van der Waals surface area contributed by atoms with E-state index in [4.69, 9.17) is 0 Å². The van der Waals surface area contributed by atoms with Gasteiger partial charge in [0.1, 0.15) is 0 Å². The third-order valence-electron chi connectivity index (χ3n) is 3.68. The molecule has 2 aromatic rings. The van der Waals surface area contributed by atoms with Crippen LogP contribution in [-0.4, -0.2) is 25.9 Å². The molecular weight excluding hydrogens is 326 g/mol. The second-order valence-electron chi connectivity index (χ2n) is 5.56. The van der Waals surface area contributed by atoms with Gasteiger partial charge in [0, 0.05) is 23.7 Å². The van der Waals surface area contributed by atoms with Crippen LogP contribution in [0.2, 0.25) is 0 Å². The number of amides is 1. The van der Waals surface area contributed by atoms with Crippen LogP contribution in [0.25, 0.3) is 6.08 Å². The van der Waals surface area contributed by atoms with E-state index in [9.17, 15) is 18.0 Å². The number of sulfone groups is 1. The lowest BCUT2D eigenvalue weighted by Gasteiger charge is -2.17. The molecule has 0 bridgehead atoms. The highest BCUT2D eigenvalue weighted by molar-refractivity contribution is 7.91. The molecule has 24 heavy (non-hydrogen) atoms. The molecule has 1 aliphatic rings. The minimum atomic E-state index is -3.51. The molecule has 122 valence electrons. The van der Waals surface area contributed by atoms with Gasteiger partial charge in [-0.2, -0.15) is 0 Å². The topological polar surface area (TPSA) is 80.3 Å². The maximum atomic E-state index is 12.5. The molecule has 1 N–H and O–H groups in total. The Hall–Kier alpha value is -2.73. The standard InChI is InChI=1S/C18H15NO4S/c1-12(20)19-15-8-6-13(7-9-15)10-14-11-24(22,23)17-5-3-2-4-16(17)18(14)21/h2-10H,11H2,1H3,(H,19,20). The van der Waals surface area contributed by atoms with Crippen LogP contribution in [0.5, 0.6) is 0 Å². The van der Waals surface area contributed by atoms with Crippen LogP contribution in [0.1, 0.15) is 22.8 Å². The number of Topliss-reactive ketones (excluding diaryl/α,β-unsaturated/α-hetero) is 1. The number of carbonyl (C=O) groups excluding carboxylic acids is 2. The Bertz CT molecular complexity index is 957. The zero-order chi connectivity index (χ0) is 17.3. The van der Waals surface area contributed by atoms with Gasteiger partial charge in [0.25, 0.3) is 0 Å². The summed E-state index contributed by atoms with van der Waals surface area (Å²) >= 11 is 0. The molecule has 2 aromatic carbocycles. The summed E-state index contributed by atoms with van der Waals surface area (Å²) in [4.78, 5) is 23.6. The monoisotopic (exact) mass is 341 g/mol. The summed E-state index contributed by atoms with van der Waals surface area (Å²) in [5.41, 5.74) is 1.78. The molecule has 1 aliphatic heterocycles. The molecule has 5 nitrogen and oxygen atoms in total. The first-order valence-corrected chi connectivity index (χ1v) is 8.97. The highest BCUT2D eigenvalue weighted by Gasteiger charge is 2.32. The lowest BCUT2D eigenvalue weighted by molar-refractivity contribution is -0.114. The second-order valence-corrected chi connectivity index (χ2v) is 7.52. The van der Waals surface area contributed by atoms with Crippen LogP contribution in [0.4, 0.5) is 5.69 Å². The molecule has 6 heteroatoms. The van der Waals surface area contributed by atoms with Crippen LogP contribution in [-0.2, 0) is 14.6 Å². The van der Waals surface area contributed by atoms with Gasteiger partial charge >= 0.3 is 0 Å². The van der Waals surface area contributed by atoms with Crippen molar-refractivity contribution in [3.63, 3.8) is 0 Å². The normalized spacial score (nSPS) is 17.4. The molecular formula is C18H15NO4S. The van der Waals surface area contributed by atoms with Crippen molar-refractivity contribution >= 4 is 33.3 Å². The fourth-order valence-electron chi connectivity index (χ4n) is 2.62. The first-order valence-electron chi connectivity index (χ1n) is 7.31. The van der Waals surface area contributed by atoms with Gasteiger partial charge in [0.05, 0.1) is 10.6 Å². The molecule has 1 heterocycles. The van der Waals surface area contributed by atoms with Crippen molar-refractivity contribution in [2.24, 2.45) is 0 Å². The zero-order valence-corrected chi connectivity index (χ0v) is 13.8. The van der Waals surface area contributed by atoms with E-state index in [2.05, 4.69) is 5.32 Å². The smallest absolute Gasteiger partial charge is 0.221 e. The summed E-state index contributed by atoms with van der Waals surface area (Å²) in [6, 6.07) is 13.1. The van der Waals surface area contributed by atoms with Crippen LogP contribution in [0.15, 0.2) is 59.0 Å². The van der Waals surface area contributed by atoms with E-state index >= 15 is 0 Å². The molecule has 1 amide bonds. The molecule has 0 fully saturated rings. The highest BCUT2D eigenvalue weighted by atomic mass is 32.2. The Morgan fingerprint density at radius 2 is 1.75 bits per heavy atom. The Morgan fingerprint density at radius 1 is 1.08 bits per heavy atom. The highest BCUT2D eigenvalue weighted by Crippen LogP contribution is 2.28. The number of hydrogen-bond donors (Lipinski definition) is 1. The largest absolute Gasteiger partial charge is 0.326 e. The van der Waals surface area contributed by atoms with Crippen LogP contribution in [0, 0.1) is 0 Å². The SMILES string of the molecule is CC(=O)Nc1ccc(C=C2CS(=O)(=O)c3ccccc3C2=O)cc1. The van der Waals surface area contributed by atoms with E-state index in [0.29, 0.717) is 11.3 Å². The summed E-state index contributed by atoms with van der Waals surface area (Å²) in [5, 5.41) is 2.65. The van der Waals surface area contributed by atoms with Gasteiger partial charge in [-0.25, -0.2) is 8.42 Å². The van der Waals surface area contributed by atoms with Gasteiger partial charge in [0.15, 0.2) is 15.6 Å². The van der Waals surface area contributed by atoms with E-state index in [-0.39, 0.29) is 33.5 Å². The van der Waals surface area contributed by atoms with Gasteiger partial charge in [-0.05, 0) is 35.9 Å². The van der Waals surface area contributed by atoms with E-state index < -0.39 is 9.84 Å². The maximum absolute atomic E-state index is 12.5. The molecule has 0 saturated heterocycles. The number of fused-ring (bicyclic) bond motifs is 1. The van der Waals surface area contributed by atoms with Crippen molar-refractivity contribution in [2.45, 2.75) is 11.8 Å². The summed E-state index contributed by atoms with van der Waals surface area (Å²) in [5.74, 6) is -0.756. The molecule has 0 spiro atoms. The fourth-order valence-corrected chi connectivity index (χ4v) is 4.18. The molecule has 3 rings (SSSR count). The quantitative estimate of drug-likeness (QED) is 0.852. The number of hydrogen-bond acceptors (Lipinski definition) is 4. The molecule has 0 unspecified atom stereocenters. The second kappa shape index (κ2) is 6.05. The van der Waals surface area contributed by atoms with Crippen molar-refractivity contribution in [1.29, 1.82) is 0 Å². The van der Waals surface area contributed by atoms with Gasteiger partial charge in [-0.1, -0.05) is 24.3 Å². The van der Waals surface area contributed by atoms with Crippen molar-refractivity contribution < 1.29 is 18.0 Å². The van der Waals surface area contributed by atoms with Gasteiger partial charge in [-0.3, -0.25) is 9.59 Å². The number of ketones is 1. The van der Waals surface area contributed by atoms with E-state index in [1.165, 1.54) is 19.1 Å². The number of rotatable bonds is 2. The first-order chi connectivity index (χ1) is 11.4. The first kappa shape index (κ1) is 16.1. The van der Waals surface area contributed by atoms with Crippen molar-refractivity contribution in [2.75, 3.05) is 11.1 Å². The predicted molar refractivity (Wildman–Crippen MR) is 91.5 cm³/mol. The summed E-state index contributed by atoms with van der Waals surface area (Å²) in [6.07, 6.45) is 1.58. The fraction of sp³-hybridized carbons (Fsp3) is 0.111. The minimum absolute atomic E-state index is 0.0909. The third-order valence-corrected chi connectivity index (χ3v) is 5.39. The molecule has 0 aromatic heterocycles. The van der Waals surface area contributed by atoms with Crippen LogP contribution < -0.4 is 5.32 Å². The summed E-state index contributed by atoms with van der Waals surface area (Å²) < 4.78 is 24.7. The van der Waals surface area contributed by atoms with Crippen molar-refractivity contribution in [3.05, 3.63) is 65.2 Å². The number of benzene rings is 2. The summed E-state index contributed by atoms with van der Waals surface area (Å²) in [7, 11) is -3.51. The predicted octanol–water partition coefficient (Wildman–Crippen LogP) is 2.70. The number of nitrogens with one attached hydrogen (secondary N) is 1. The molecule has 0 radical (unpaired) electrons.